The van der Waals surface area contributed by atoms with Crippen LogP contribution in [0.1, 0.15) is 16.2 Å². The molecule has 2 fully saturated rings. The van der Waals surface area contributed by atoms with E-state index >= 15 is 0 Å². The molecule has 2 unspecified atom stereocenters. The standard InChI is InChI=1S/C10H13N3O2/c1-5-9(15-4-12-5)10(14)13-8-6-2-11-3-7(6)8/h4,6-8,11H,2-3H2,1H3,(H,13,14). The Balaban J connectivity index is 1.65. The Morgan fingerprint density at radius 2 is 2.33 bits per heavy atom. The molecule has 80 valence electrons. The van der Waals surface area contributed by atoms with Crippen molar-refractivity contribution in [3.05, 3.63) is 17.8 Å². The number of fused-ring (bicyclic) bond motifs is 1. The van der Waals surface area contributed by atoms with Gasteiger partial charge >= 0.3 is 0 Å². The van der Waals surface area contributed by atoms with Gasteiger partial charge in [-0.3, -0.25) is 4.79 Å². The molecule has 1 saturated heterocycles. The van der Waals surface area contributed by atoms with Gasteiger partial charge in [-0.15, -0.1) is 0 Å². The predicted octanol–water partition coefficient (Wildman–Crippen LogP) is -0.0694. The van der Waals surface area contributed by atoms with Crippen LogP contribution in [-0.2, 0) is 0 Å². The van der Waals surface area contributed by atoms with E-state index in [-0.39, 0.29) is 5.91 Å². The second-order valence-corrected chi connectivity index (χ2v) is 4.25. The lowest BCUT2D eigenvalue weighted by atomic mass is 10.3. The minimum absolute atomic E-state index is 0.135. The monoisotopic (exact) mass is 207 g/mol. The average Bonchev–Trinajstić information content (AvgIpc) is 2.66. The average molecular weight is 207 g/mol. The summed E-state index contributed by atoms with van der Waals surface area (Å²) >= 11 is 0. The van der Waals surface area contributed by atoms with Crippen LogP contribution in [-0.4, -0.2) is 30.0 Å². The smallest absolute Gasteiger partial charge is 0.289 e. The van der Waals surface area contributed by atoms with Gasteiger partial charge in [0.1, 0.15) is 0 Å². The van der Waals surface area contributed by atoms with E-state index in [2.05, 4.69) is 15.6 Å². The molecular formula is C10H13N3O2. The second kappa shape index (κ2) is 3.06. The summed E-state index contributed by atoms with van der Waals surface area (Å²) in [6, 6.07) is 0.336. The number of amides is 1. The Morgan fingerprint density at radius 1 is 1.60 bits per heavy atom. The maximum atomic E-state index is 11.7. The lowest BCUT2D eigenvalue weighted by molar-refractivity contribution is 0.0918. The molecular weight excluding hydrogens is 194 g/mol. The number of carbonyl (C=O) groups is 1. The molecule has 0 spiro atoms. The Bertz CT molecular complexity index is 391. The number of carbonyl (C=O) groups excluding carboxylic acids is 1. The first kappa shape index (κ1) is 8.91. The third kappa shape index (κ3) is 1.34. The summed E-state index contributed by atoms with van der Waals surface area (Å²) in [7, 11) is 0. The van der Waals surface area contributed by atoms with Crippen LogP contribution in [0.4, 0.5) is 0 Å². The summed E-state index contributed by atoms with van der Waals surface area (Å²) in [6.07, 6.45) is 1.31. The number of aryl methyl sites for hydroxylation is 1. The van der Waals surface area contributed by atoms with Crippen LogP contribution in [0.15, 0.2) is 10.8 Å². The Kier molecular flexibility index (Phi) is 1.82. The molecule has 15 heavy (non-hydrogen) atoms. The molecule has 5 nitrogen and oxygen atoms in total. The van der Waals surface area contributed by atoms with Crippen molar-refractivity contribution in [2.75, 3.05) is 13.1 Å². The van der Waals surface area contributed by atoms with Crippen molar-refractivity contribution in [2.24, 2.45) is 11.8 Å². The quantitative estimate of drug-likeness (QED) is 0.712. The molecule has 1 aromatic rings. The number of oxazole rings is 1. The van der Waals surface area contributed by atoms with Crippen molar-refractivity contribution >= 4 is 5.91 Å². The zero-order valence-corrected chi connectivity index (χ0v) is 8.49. The number of rotatable bonds is 2. The van der Waals surface area contributed by atoms with Crippen molar-refractivity contribution in [1.82, 2.24) is 15.6 Å². The van der Waals surface area contributed by atoms with Crippen molar-refractivity contribution in [3.8, 4) is 0 Å². The third-order valence-electron chi connectivity index (χ3n) is 3.34. The third-order valence-corrected chi connectivity index (χ3v) is 3.34. The van der Waals surface area contributed by atoms with Gasteiger partial charge in [0, 0.05) is 19.1 Å². The summed E-state index contributed by atoms with van der Waals surface area (Å²) in [5, 5.41) is 6.27. The Labute approximate surface area is 87.2 Å². The van der Waals surface area contributed by atoms with Crippen molar-refractivity contribution in [2.45, 2.75) is 13.0 Å². The number of hydrogen-bond acceptors (Lipinski definition) is 4. The van der Waals surface area contributed by atoms with Gasteiger partial charge in [0.15, 0.2) is 6.39 Å². The first-order chi connectivity index (χ1) is 7.27. The molecule has 2 aliphatic rings. The van der Waals surface area contributed by atoms with E-state index in [1.807, 2.05) is 0 Å². The molecule has 0 radical (unpaired) electrons. The van der Waals surface area contributed by atoms with E-state index in [4.69, 9.17) is 4.42 Å². The predicted molar refractivity (Wildman–Crippen MR) is 52.3 cm³/mol. The molecule has 2 heterocycles. The molecule has 2 N–H and O–H groups in total. The first-order valence-electron chi connectivity index (χ1n) is 5.19. The normalized spacial score (nSPS) is 32.5. The number of aromatic nitrogens is 1. The van der Waals surface area contributed by atoms with Crippen LogP contribution < -0.4 is 10.6 Å². The Hall–Kier alpha value is -1.36. The summed E-state index contributed by atoms with van der Waals surface area (Å²) < 4.78 is 5.04. The van der Waals surface area contributed by atoms with Crippen LogP contribution >= 0.6 is 0 Å². The van der Waals surface area contributed by atoms with E-state index in [0.29, 0.717) is 29.3 Å². The second-order valence-electron chi connectivity index (χ2n) is 4.25. The van der Waals surface area contributed by atoms with Crippen LogP contribution in [0.5, 0.6) is 0 Å². The fourth-order valence-electron chi connectivity index (χ4n) is 2.37. The van der Waals surface area contributed by atoms with Crippen LogP contribution in [0.25, 0.3) is 0 Å². The van der Waals surface area contributed by atoms with Gasteiger partial charge in [0.25, 0.3) is 5.91 Å². The summed E-state index contributed by atoms with van der Waals surface area (Å²) in [5.74, 6) is 1.45. The van der Waals surface area contributed by atoms with Crippen molar-refractivity contribution in [1.29, 1.82) is 0 Å². The van der Waals surface area contributed by atoms with E-state index in [1.54, 1.807) is 6.92 Å². The molecule has 0 aromatic carbocycles. The lowest BCUT2D eigenvalue weighted by Crippen LogP contribution is -2.32. The summed E-state index contributed by atoms with van der Waals surface area (Å²) in [6.45, 7) is 3.81. The van der Waals surface area contributed by atoms with Crippen molar-refractivity contribution < 1.29 is 9.21 Å². The van der Waals surface area contributed by atoms with E-state index < -0.39 is 0 Å². The molecule has 1 amide bonds. The van der Waals surface area contributed by atoms with Gasteiger partial charge < -0.3 is 15.1 Å². The van der Waals surface area contributed by atoms with Gasteiger partial charge in [0.05, 0.1) is 5.69 Å². The highest BCUT2D eigenvalue weighted by Gasteiger charge is 2.53. The zero-order valence-electron chi connectivity index (χ0n) is 8.49. The van der Waals surface area contributed by atoms with Crippen LogP contribution in [0, 0.1) is 18.8 Å². The SMILES string of the molecule is Cc1ncoc1C(=O)NC1C2CNCC21. The largest absolute Gasteiger partial charge is 0.438 e. The van der Waals surface area contributed by atoms with E-state index in [9.17, 15) is 4.79 Å². The summed E-state index contributed by atoms with van der Waals surface area (Å²) in [4.78, 5) is 15.6. The molecule has 1 aromatic heterocycles. The van der Waals surface area contributed by atoms with Crippen molar-refractivity contribution in [3.63, 3.8) is 0 Å². The highest BCUT2D eigenvalue weighted by molar-refractivity contribution is 5.92. The molecule has 3 rings (SSSR count). The summed E-state index contributed by atoms with van der Waals surface area (Å²) in [5.41, 5.74) is 0.649. The molecule has 1 aliphatic heterocycles. The first-order valence-corrected chi connectivity index (χ1v) is 5.19. The zero-order chi connectivity index (χ0) is 10.4. The highest BCUT2D eigenvalue weighted by Crippen LogP contribution is 2.41. The molecule has 5 heteroatoms. The molecule has 0 bridgehead atoms. The van der Waals surface area contributed by atoms with Crippen LogP contribution in [0.2, 0.25) is 0 Å². The van der Waals surface area contributed by atoms with E-state index in [0.717, 1.165) is 13.1 Å². The maximum Gasteiger partial charge on any atom is 0.289 e. The minimum Gasteiger partial charge on any atom is -0.438 e. The fraction of sp³-hybridized carbons (Fsp3) is 0.600. The maximum absolute atomic E-state index is 11.7. The van der Waals surface area contributed by atoms with E-state index in [1.165, 1.54) is 6.39 Å². The fourth-order valence-corrected chi connectivity index (χ4v) is 2.37. The number of nitrogens with one attached hydrogen (secondary N) is 2. The van der Waals surface area contributed by atoms with Crippen LogP contribution in [0.3, 0.4) is 0 Å². The van der Waals surface area contributed by atoms with Gasteiger partial charge in [0.2, 0.25) is 5.76 Å². The lowest BCUT2D eigenvalue weighted by Gasteiger charge is -2.05. The number of nitrogens with zero attached hydrogens (tertiary/aromatic N) is 1. The van der Waals surface area contributed by atoms with Gasteiger partial charge in [-0.05, 0) is 18.8 Å². The number of hydrogen-bond donors (Lipinski definition) is 2. The minimum atomic E-state index is -0.135. The highest BCUT2D eigenvalue weighted by atomic mass is 16.3. The number of piperidine rings is 1. The van der Waals surface area contributed by atoms with Gasteiger partial charge in [-0.25, -0.2) is 4.98 Å². The molecule has 2 atom stereocenters. The molecule has 1 aliphatic carbocycles. The van der Waals surface area contributed by atoms with Gasteiger partial charge in [-0.1, -0.05) is 0 Å². The topological polar surface area (TPSA) is 67.2 Å². The Morgan fingerprint density at radius 3 is 2.93 bits per heavy atom. The van der Waals surface area contributed by atoms with Gasteiger partial charge in [-0.2, -0.15) is 0 Å². The molecule has 1 saturated carbocycles.